The summed E-state index contributed by atoms with van der Waals surface area (Å²) < 4.78 is 6.08. The maximum absolute atomic E-state index is 8.75. The first-order valence-electron chi connectivity index (χ1n) is 4.53. The van der Waals surface area contributed by atoms with Gasteiger partial charge in [-0.05, 0) is 15.9 Å². The summed E-state index contributed by atoms with van der Waals surface area (Å²) in [5.74, 6) is 0.641. The van der Waals surface area contributed by atoms with Gasteiger partial charge in [-0.1, -0.05) is 0 Å². The van der Waals surface area contributed by atoms with Gasteiger partial charge in [0.2, 0.25) is 5.95 Å². The number of aromatic nitrogens is 2. The van der Waals surface area contributed by atoms with Crippen LogP contribution in [0, 0.1) is 11.3 Å². The van der Waals surface area contributed by atoms with Gasteiger partial charge in [0.1, 0.15) is 0 Å². The van der Waals surface area contributed by atoms with Crippen molar-refractivity contribution in [2.45, 2.75) is 6.10 Å². The molecular formula is C9H9BrN4O. The largest absolute Gasteiger partial charge is 0.360 e. The molecule has 0 amide bonds. The third-order valence-electron chi connectivity index (χ3n) is 2.10. The van der Waals surface area contributed by atoms with Gasteiger partial charge in [0.25, 0.3) is 0 Å². The van der Waals surface area contributed by atoms with E-state index in [9.17, 15) is 0 Å². The Morgan fingerprint density at radius 2 is 2.27 bits per heavy atom. The first-order chi connectivity index (χ1) is 7.29. The van der Waals surface area contributed by atoms with Crippen molar-refractivity contribution < 1.29 is 4.74 Å². The summed E-state index contributed by atoms with van der Waals surface area (Å²) in [4.78, 5) is 10.3. The van der Waals surface area contributed by atoms with Crippen LogP contribution < -0.4 is 4.90 Å². The van der Waals surface area contributed by atoms with E-state index in [-0.39, 0.29) is 6.10 Å². The number of ether oxygens (including phenoxy) is 1. The molecule has 1 saturated heterocycles. The third-order valence-corrected chi connectivity index (χ3v) is 2.51. The number of hydrogen-bond donors (Lipinski definition) is 0. The highest BCUT2D eigenvalue weighted by Gasteiger charge is 2.21. The van der Waals surface area contributed by atoms with Gasteiger partial charge < -0.3 is 9.64 Å². The molecule has 0 aliphatic carbocycles. The van der Waals surface area contributed by atoms with Crippen LogP contribution in [0.4, 0.5) is 5.95 Å². The van der Waals surface area contributed by atoms with E-state index in [0.29, 0.717) is 19.1 Å². The second-order valence-electron chi connectivity index (χ2n) is 3.14. The van der Waals surface area contributed by atoms with Crippen LogP contribution in [0.5, 0.6) is 0 Å². The minimum atomic E-state index is -0.383. The van der Waals surface area contributed by atoms with Gasteiger partial charge in [-0.15, -0.1) is 0 Å². The van der Waals surface area contributed by atoms with E-state index in [1.807, 2.05) is 4.90 Å². The summed E-state index contributed by atoms with van der Waals surface area (Å²) in [6, 6.07) is 2.09. The van der Waals surface area contributed by atoms with Crippen molar-refractivity contribution in [2.75, 3.05) is 24.6 Å². The minimum absolute atomic E-state index is 0.383. The zero-order valence-corrected chi connectivity index (χ0v) is 9.51. The number of hydrogen-bond acceptors (Lipinski definition) is 5. The van der Waals surface area contributed by atoms with Crippen molar-refractivity contribution in [3.8, 4) is 6.07 Å². The molecule has 0 saturated carbocycles. The molecule has 0 bridgehead atoms. The SMILES string of the molecule is N#CC1CN(c2ncc(Br)cn2)CCO1. The molecule has 6 heteroatoms. The van der Waals surface area contributed by atoms with Crippen LogP contribution in [0.25, 0.3) is 0 Å². The molecule has 1 fully saturated rings. The number of nitriles is 1. The molecule has 1 unspecified atom stereocenters. The molecule has 1 atom stereocenters. The molecule has 15 heavy (non-hydrogen) atoms. The second-order valence-corrected chi connectivity index (χ2v) is 4.05. The number of halogens is 1. The van der Waals surface area contributed by atoms with E-state index in [1.165, 1.54) is 0 Å². The highest BCUT2D eigenvalue weighted by Crippen LogP contribution is 2.14. The first-order valence-corrected chi connectivity index (χ1v) is 5.32. The van der Waals surface area contributed by atoms with E-state index in [2.05, 4.69) is 32.0 Å². The van der Waals surface area contributed by atoms with Crippen LogP contribution in [0.1, 0.15) is 0 Å². The molecular weight excluding hydrogens is 260 g/mol. The van der Waals surface area contributed by atoms with Gasteiger partial charge in [-0.25, -0.2) is 9.97 Å². The van der Waals surface area contributed by atoms with Crippen molar-refractivity contribution >= 4 is 21.9 Å². The van der Waals surface area contributed by atoms with Crippen LogP contribution in [-0.2, 0) is 4.74 Å². The molecule has 0 aromatic carbocycles. The Kier molecular flexibility index (Phi) is 3.14. The van der Waals surface area contributed by atoms with E-state index in [4.69, 9.17) is 10.00 Å². The fraction of sp³-hybridized carbons (Fsp3) is 0.444. The van der Waals surface area contributed by atoms with Crippen molar-refractivity contribution in [3.05, 3.63) is 16.9 Å². The molecule has 1 aliphatic heterocycles. The predicted molar refractivity (Wildman–Crippen MR) is 57.3 cm³/mol. The van der Waals surface area contributed by atoms with E-state index in [1.54, 1.807) is 12.4 Å². The Morgan fingerprint density at radius 1 is 1.53 bits per heavy atom. The summed E-state index contributed by atoms with van der Waals surface area (Å²) in [5.41, 5.74) is 0. The fourth-order valence-corrected chi connectivity index (χ4v) is 1.58. The average molecular weight is 269 g/mol. The molecule has 78 valence electrons. The summed E-state index contributed by atoms with van der Waals surface area (Å²) in [6.45, 7) is 1.79. The van der Waals surface area contributed by atoms with E-state index in [0.717, 1.165) is 11.0 Å². The molecule has 2 heterocycles. The summed E-state index contributed by atoms with van der Waals surface area (Å²) >= 11 is 3.27. The molecule has 0 radical (unpaired) electrons. The monoisotopic (exact) mass is 268 g/mol. The van der Waals surface area contributed by atoms with Crippen molar-refractivity contribution in [3.63, 3.8) is 0 Å². The van der Waals surface area contributed by atoms with Gasteiger partial charge in [-0.2, -0.15) is 5.26 Å². The van der Waals surface area contributed by atoms with E-state index < -0.39 is 0 Å². The van der Waals surface area contributed by atoms with Crippen LogP contribution in [0.2, 0.25) is 0 Å². The normalized spacial score (nSPS) is 21.1. The Hall–Kier alpha value is -1.19. The second kappa shape index (κ2) is 4.55. The lowest BCUT2D eigenvalue weighted by Gasteiger charge is -2.29. The first kappa shape index (κ1) is 10.3. The molecule has 1 aromatic rings. The lowest BCUT2D eigenvalue weighted by atomic mass is 10.3. The minimum Gasteiger partial charge on any atom is -0.360 e. The topological polar surface area (TPSA) is 62.0 Å². The summed E-state index contributed by atoms with van der Waals surface area (Å²) in [5, 5.41) is 8.75. The fourth-order valence-electron chi connectivity index (χ4n) is 1.38. The van der Waals surface area contributed by atoms with Crippen LogP contribution in [0.3, 0.4) is 0 Å². The Labute approximate surface area is 95.8 Å². The lowest BCUT2D eigenvalue weighted by molar-refractivity contribution is 0.0758. The van der Waals surface area contributed by atoms with Gasteiger partial charge >= 0.3 is 0 Å². The molecule has 1 aromatic heterocycles. The van der Waals surface area contributed by atoms with Crippen molar-refractivity contribution in [1.82, 2.24) is 9.97 Å². The molecule has 1 aliphatic rings. The van der Waals surface area contributed by atoms with Gasteiger partial charge in [0, 0.05) is 18.9 Å². The summed E-state index contributed by atoms with van der Waals surface area (Å²) in [7, 11) is 0. The van der Waals surface area contributed by atoms with Crippen molar-refractivity contribution in [2.24, 2.45) is 0 Å². The number of nitrogens with zero attached hydrogens (tertiary/aromatic N) is 4. The predicted octanol–water partition coefficient (Wildman–Crippen LogP) is 0.968. The quantitative estimate of drug-likeness (QED) is 0.760. The maximum atomic E-state index is 8.75. The van der Waals surface area contributed by atoms with Gasteiger partial charge in [-0.3, -0.25) is 0 Å². The zero-order valence-electron chi connectivity index (χ0n) is 7.93. The smallest absolute Gasteiger partial charge is 0.225 e. The molecule has 5 nitrogen and oxygen atoms in total. The standard InChI is InChI=1S/C9H9BrN4O/c10-7-4-12-9(13-5-7)14-1-2-15-8(3-11)6-14/h4-5,8H,1-2,6H2. The number of rotatable bonds is 1. The molecule has 0 spiro atoms. The van der Waals surface area contributed by atoms with Crippen molar-refractivity contribution in [1.29, 1.82) is 5.26 Å². The molecule has 0 N–H and O–H groups in total. The van der Waals surface area contributed by atoms with E-state index >= 15 is 0 Å². The Morgan fingerprint density at radius 3 is 2.93 bits per heavy atom. The molecule has 2 rings (SSSR count). The summed E-state index contributed by atoms with van der Waals surface area (Å²) in [6.07, 6.45) is 3.00. The van der Waals surface area contributed by atoms with Crippen LogP contribution in [0.15, 0.2) is 16.9 Å². The number of anilines is 1. The maximum Gasteiger partial charge on any atom is 0.225 e. The Balaban J connectivity index is 2.10. The van der Waals surface area contributed by atoms with Crippen LogP contribution >= 0.6 is 15.9 Å². The lowest BCUT2D eigenvalue weighted by Crippen LogP contribution is -2.42. The third kappa shape index (κ3) is 2.43. The number of morpholine rings is 1. The average Bonchev–Trinajstić information content (AvgIpc) is 2.30. The Bertz CT molecular complexity index is 375. The highest BCUT2D eigenvalue weighted by atomic mass is 79.9. The highest BCUT2D eigenvalue weighted by molar-refractivity contribution is 9.10. The van der Waals surface area contributed by atoms with Gasteiger partial charge in [0.05, 0.1) is 23.7 Å². The zero-order chi connectivity index (χ0) is 10.7. The van der Waals surface area contributed by atoms with Crippen LogP contribution in [-0.4, -0.2) is 35.8 Å². The van der Waals surface area contributed by atoms with Gasteiger partial charge in [0.15, 0.2) is 6.10 Å².